The van der Waals surface area contributed by atoms with Gasteiger partial charge in [-0.05, 0) is 41.6 Å². The number of alkyl halides is 3. The first kappa shape index (κ1) is 19.8. The Hall–Kier alpha value is -2.48. The quantitative estimate of drug-likeness (QED) is 0.797. The smallest absolute Gasteiger partial charge is 0.355 e. The van der Waals surface area contributed by atoms with Gasteiger partial charge in [0.15, 0.2) is 0 Å². The molecule has 0 aromatic heterocycles. The number of carbonyl (C=O) groups is 2. The second-order valence-electron chi connectivity index (χ2n) is 5.48. The van der Waals surface area contributed by atoms with Crippen molar-refractivity contribution < 1.29 is 22.8 Å². The summed E-state index contributed by atoms with van der Waals surface area (Å²) in [4.78, 5) is 25.3. The van der Waals surface area contributed by atoms with Gasteiger partial charge in [-0.1, -0.05) is 24.3 Å². The number of hydrogen-bond donors (Lipinski definition) is 1. The standard InChI is InChI=1S/C18H17F3N2O2S/c1-22-16(24)13-9-7-12(8-10-13)11-23(2)17(25)14-5-3-4-6-15(14)26-18(19,20)21/h3-10H,11H2,1-2H3,(H,22,24). The van der Waals surface area contributed by atoms with E-state index >= 15 is 0 Å². The van der Waals surface area contributed by atoms with Crippen LogP contribution < -0.4 is 5.32 Å². The molecule has 0 saturated heterocycles. The molecule has 2 amide bonds. The predicted molar refractivity (Wildman–Crippen MR) is 94.0 cm³/mol. The van der Waals surface area contributed by atoms with Crippen LogP contribution in [0.4, 0.5) is 13.2 Å². The Labute approximate surface area is 153 Å². The summed E-state index contributed by atoms with van der Waals surface area (Å²) in [5.41, 5.74) is -3.23. The van der Waals surface area contributed by atoms with Crippen molar-refractivity contribution in [3.05, 3.63) is 65.2 Å². The summed E-state index contributed by atoms with van der Waals surface area (Å²) >= 11 is -0.305. The van der Waals surface area contributed by atoms with Crippen molar-refractivity contribution in [3.8, 4) is 0 Å². The predicted octanol–water partition coefficient (Wildman–Crippen LogP) is 3.93. The largest absolute Gasteiger partial charge is 0.446 e. The zero-order valence-electron chi connectivity index (χ0n) is 14.1. The van der Waals surface area contributed by atoms with Gasteiger partial charge in [-0.25, -0.2) is 0 Å². The molecule has 0 spiro atoms. The van der Waals surface area contributed by atoms with Crippen LogP contribution in [0.3, 0.4) is 0 Å². The molecule has 0 aliphatic rings. The summed E-state index contributed by atoms with van der Waals surface area (Å²) in [5.74, 6) is -0.730. The van der Waals surface area contributed by atoms with Crippen LogP contribution in [0.25, 0.3) is 0 Å². The van der Waals surface area contributed by atoms with Gasteiger partial charge in [-0.2, -0.15) is 13.2 Å². The van der Waals surface area contributed by atoms with Crippen LogP contribution in [0.1, 0.15) is 26.3 Å². The second kappa shape index (κ2) is 8.27. The molecule has 4 nitrogen and oxygen atoms in total. The SMILES string of the molecule is CNC(=O)c1ccc(CN(C)C(=O)c2ccccc2SC(F)(F)F)cc1. The van der Waals surface area contributed by atoms with E-state index in [0.717, 1.165) is 5.56 Å². The number of halogens is 3. The number of benzene rings is 2. The average Bonchev–Trinajstić information content (AvgIpc) is 2.60. The molecule has 0 atom stereocenters. The van der Waals surface area contributed by atoms with Gasteiger partial charge >= 0.3 is 5.51 Å². The minimum absolute atomic E-state index is 0.000643. The summed E-state index contributed by atoms with van der Waals surface area (Å²) in [5, 5.41) is 2.51. The van der Waals surface area contributed by atoms with E-state index in [-0.39, 0.29) is 34.7 Å². The van der Waals surface area contributed by atoms with E-state index < -0.39 is 11.4 Å². The maximum Gasteiger partial charge on any atom is 0.446 e. The zero-order valence-corrected chi connectivity index (χ0v) is 14.9. The lowest BCUT2D eigenvalue weighted by Crippen LogP contribution is -2.27. The average molecular weight is 382 g/mol. The van der Waals surface area contributed by atoms with E-state index in [1.807, 2.05) is 0 Å². The van der Waals surface area contributed by atoms with Crippen molar-refractivity contribution in [2.45, 2.75) is 16.9 Å². The molecule has 2 aromatic carbocycles. The molecule has 0 heterocycles. The van der Waals surface area contributed by atoms with Crippen molar-refractivity contribution in [1.82, 2.24) is 10.2 Å². The van der Waals surface area contributed by atoms with Crippen LogP contribution >= 0.6 is 11.8 Å². The lowest BCUT2D eigenvalue weighted by Gasteiger charge is -2.19. The van der Waals surface area contributed by atoms with E-state index in [2.05, 4.69) is 5.32 Å². The minimum atomic E-state index is -4.47. The number of rotatable bonds is 5. The third-order valence-corrected chi connectivity index (χ3v) is 4.36. The lowest BCUT2D eigenvalue weighted by molar-refractivity contribution is -0.0328. The van der Waals surface area contributed by atoms with Crippen LogP contribution in [0.15, 0.2) is 53.4 Å². The summed E-state index contributed by atoms with van der Waals surface area (Å²) in [6.07, 6.45) is 0. The molecular formula is C18H17F3N2O2S. The number of nitrogens with one attached hydrogen (secondary N) is 1. The van der Waals surface area contributed by atoms with Crippen LogP contribution in [0, 0.1) is 0 Å². The summed E-state index contributed by atoms with van der Waals surface area (Å²) < 4.78 is 38.0. The van der Waals surface area contributed by atoms with E-state index in [4.69, 9.17) is 0 Å². The van der Waals surface area contributed by atoms with Gasteiger partial charge in [-0.3, -0.25) is 9.59 Å². The molecule has 0 aliphatic carbocycles. The first-order valence-electron chi connectivity index (χ1n) is 7.62. The van der Waals surface area contributed by atoms with E-state index in [9.17, 15) is 22.8 Å². The number of thioether (sulfide) groups is 1. The number of carbonyl (C=O) groups excluding carboxylic acids is 2. The van der Waals surface area contributed by atoms with Crippen molar-refractivity contribution in [2.24, 2.45) is 0 Å². The van der Waals surface area contributed by atoms with Crippen molar-refractivity contribution >= 4 is 23.6 Å². The highest BCUT2D eigenvalue weighted by Gasteiger charge is 2.31. The fourth-order valence-corrected chi connectivity index (χ4v) is 2.98. The van der Waals surface area contributed by atoms with E-state index in [0.29, 0.717) is 5.56 Å². The van der Waals surface area contributed by atoms with Gasteiger partial charge in [0.1, 0.15) is 0 Å². The Morgan fingerprint density at radius 2 is 1.69 bits per heavy atom. The topological polar surface area (TPSA) is 49.4 Å². The Balaban J connectivity index is 2.14. The molecule has 0 bridgehead atoms. The highest BCUT2D eigenvalue weighted by molar-refractivity contribution is 8.00. The highest BCUT2D eigenvalue weighted by atomic mass is 32.2. The first-order valence-corrected chi connectivity index (χ1v) is 8.44. The molecule has 0 saturated carbocycles. The van der Waals surface area contributed by atoms with Gasteiger partial charge < -0.3 is 10.2 Å². The molecule has 0 radical (unpaired) electrons. The van der Waals surface area contributed by atoms with Gasteiger partial charge in [0.05, 0.1) is 5.56 Å². The maximum atomic E-state index is 12.7. The summed E-state index contributed by atoms with van der Waals surface area (Å²) in [6.45, 7) is 0.206. The molecule has 1 N–H and O–H groups in total. The Morgan fingerprint density at radius 3 is 2.27 bits per heavy atom. The zero-order chi connectivity index (χ0) is 19.3. The Bertz CT molecular complexity index is 792. The summed E-state index contributed by atoms with van der Waals surface area (Å²) in [7, 11) is 3.04. The lowest BCUT2D eigenvalue weighted by atomic mass is 10.1. The maximum absolute atomic E-state index is 12.7. The van der Waals surface area contributed by atoms with Crippen LogP contribution in [-0.4, -0.2) is 36.3 Å². The molecule has 2 rings (SSSR count). The van der Waals surface area contributed by atoms with Crippen molar-refractivity contribution in [1.29, 1.82) is 0 Å². The molecule has 8 heteroatoms. The van der Waals surface area contributed by atoms with Crippen molar-refractivity contribution in [3.63, 3.8) is 0 Å². The fourth-order valence-electron chi connectivity index (χ4n) is 2.31. The molecule has 138 valence electrons. The van der Waals surface area contributed by atoms with Gasteiger partial charge in [0.25, 0.3) is 11.8 Å². The molecule has 2 aromatic rings. The molecule has 0 aliphatic heterocycles. The third-order valence-electron chi connectivity index (χ3n) is 3.55. The summed E-state index contributed by atoms with van der Waals surface area (Å²) in [6, 6.07) is 12.3. The van der Waals surface area contributed by atoms with Crippen molar-refractivity contribution in [2.75, 3.05) is 14.1 Å². The third kappa shape index (κ3) is 5.26. The van der Waals surface area contributed by atoms with Gasteiger partial charge in [0, 0.05) is 31.1 Å². The van der Waals surface area contributed by atoms with E-state index in [1.54, 1.807) is 24.3 Å². The Morgan fingerprint density at radius 1 is 1.08 bits per heavy atom. The molecule has 0 fully saturated rings. The number of nitrogens with zero attached hydrogens (tertiary/aromatic N) is 1. The van der Waals surface area contributed by atoms with Crippen LogP contribution in [0.5, 0.6) is 0 Å². The first-order chi connectivity index (χ1) is 12.2. The molecular weight excluding hydrogens is 365 g/mol. The highest BCUT2D eigenvalue weighted by Crippen LogP contribution is 2.38. The van der Waals surface area contributed by atoms with Crippen LogP contribution in [-0.2, 0) is 6.54 Å². The van der Waals surface area contributed by atoms with E-state index in [1.165, 1.54) is 43.3 Å². The number of amides is 2. The normalized spacial score (nSPS) is 11.1. The minimum Gasteiger partial charge on any atom is -0.355 e. The molecule has 0 unspecified atom stereocenters. The van der Waals surface area contributed by atoms with Gasteiger partial charge in [0.2, 0.25) is 0 Å². The number of hydrogen-bond acceptors (Lipinski definition) is 3. The molecule has 26 heavy (non-hydrogen) atoms. The monoisotopic (exact) mass is 382 g/mol. The van der Waals surface area contributed by atoms with Gasteiger partial charge in [-0.15, -0.1) is 0 Å². The fraction of sp³-hybridized carbons (Fsp3) is 0.222. The van der Waals surface area contributed by atoms with Crippen LogP contribution in [0.2, 0.25) is 0 Å². The Kier molecular flexibility index (Phi) is 6.31. The second-order valence-corrected chi connectivity index (χ2v) is 6.59.